The summed E-state index contributed by atoms with van der Waals surface area (Å²) in [6.07, 6.45) is 1.20. The van der Waals surface area contributed by atoms with E-state index < -0.39 is 21.8 Å². The molecule has 1 aromatic rings. The van der Waals surface area contributed by atoms with Crippen molar-refractivity contribution in [2.45, 2.75) is 17.4 Å². The summed E-state index contributed by atoms with van der Waals surface area (Å²) < 4.78 is 27.0. The molecule has 5 nitrogen and oxygen atoms in total. The van der Waals surface area contributed by atoms with Gasteiger partial charge in [0.2, 0.25) is 0 Å². The van der Waals surface area contributed by atoms with Crippen molar-refractivity contribution in [1.82, 2.24) is 0 Å². The predicted molar refractivity (Wildman–Crippen MR) is 70.4 cm³/mol. The van der Waals surface area contributed by atoms with Gasteiger partial charge in [-0.1, -0.05) is 12.1 Å². The summed E-state index contributed by atoms with van der Waals surface area (Å²) >= 11 is 0. The molecule has 7 heteroatoms. The van der Waals surface area contributed by atoms with Gasteiger partial charge in [-0.05, 0) is 17.7 Å². The Hall–Kier alpha value is -1.11. The molecule has 0 aliphatic heterocycles. The van der Waals surface area contributed by atoms with Gasteiger partial charge in [0.25, 0.3) is 0 Å². The third-order valence-corrected chi connectivity index (χ3v) is 3.48. The SMILES string of the molecule is COC(=O)C[C@@H](N)c1ccc(S(C)(=O)=O)cc1.Cl. The molecule has 0 heterocycles. The van der Waals surface area contributed by atoms with Gasteiger partial charge >= 0.3 is 5.97 Å². The van der Waals surface area contributed by atoms with Crippen molar-refractivity contribution < 1.29 is 17.9 Å². The first kappa shape index (κ1) is 16.9. The topological polar surface area (TPSA) is 86.5 Å². The van der Waals surface area contributed by atoms with Crippen LogP contribution >= 0.6 is 12.4 Å². The Morgan fingerprint density at radius 2 is 1.83 bits per heavy atom. The van der Waals surface area contributed by atoms with Crippen LogP contribution in [-0.2, 0) is 19.4 Å². The maximum absolute atomic E-state index is 11.2. The maximum atomic E-state index is 11.2. The summed E-state index contributed by atoms with van der Waals surface area (Å²) in [5.74, 6) is -0.398. The molecular formula is C11H16ClNO4S. The average Bonchev–Trinajstić information content (AvgIpc) is 2.27. The van der Waals surface area contributed by atoms with Gasteiger partial charge in [-0.15, -0.1) is 12.4 Å². The minimum absolute atomic E-state index is 0. The highest BCUT2D eigenvalue weighted by Crippen LogP contribution is 2.17. The molecule has 0 aromatic heterocycles. The Morgan fingerprint density at radius 3 is 2.22 bits per heavy atom. The fourth-order valence-electron chi connectivity index (χ4n) is 1.34. The molecule has 0 aliphatic rings. The molecule has 0 saturated heterocycles. The Bertz CT molecular complexity index is 498. The van der Waals surface area contributed by atoms with E-state index in [4.69, 9.17) is 5.73 Å². The number of nitrogens with two attached hydrogens (primary N) is 1. The van der Waals surface area contributed by atoms with Crippen molar-refractivity contribution in [3.63, 3.8) is 0 Å². The van der Waals surface area contributed by atoms with Gasteiger partial charge < -0.3 is 10.5 Å². The minimum Gasteiger partial charge on any atom is -0.469 e. The minimum atomic E-state index is -3.21. The van der Waals surface area contributed by atoms with E-state index in [1.54, 1.807) is 12.1 Å². The predicted octanol–water partition coefficient (Wildman–Crippen LogP) is 1.07. The first-order chi connectivity index (χ1) is 7.84. The van der Waals surface area contributed by atoms with Crippen LogP contribution in [0.1, 0.15) is 18.0 Å². The summed E-state index contributed by atoms with van der Waals surface area (Å²) in [5.41, 5.74) is 6.48. The molecule has 0 aliphatic carbocycles. The normalized spacial score (nSPS) is 12.4. The summed E-state index contributed by atoms with van der Waals surface area (Å²) in [5, 5.41) is 0. The van der Waals surface area contributed by atoms with E-state index in [2.05, 4.69) is 4.74 Å². The lowest BCUT2D eigenvalue weighted by Crippen LogP contribution is -2.16. The fraction of sp³-hybridized carbons (Fsp3) is 0.364. The molecule has 1 atom stereocenters. The summed E-state index contributed by atoms with van der Waals surface area (Å²) in [6.45, 7) is 0. The molecule has 0 amide bonds. The van der Waals surface area contributed by atoms with Crippen molar-refractivity contribution in [3.05, 3.63) is 29.8 Å². The van der Waals surface area contributed by atoms with E-state index in [1.165, 1.54) is 19.2 Å². The molecule has 102 valence electrons. The van der Waals surface area contributed by atoms with Gasteiger partial charge in [0.1, 0.15) is 0 Å². The molecule has 1 aromatic carbocycles. The van der Waals surface area contributed by atoms with E-state index in [9.17, 15) is 13.2 Å². The molecule has 18 heavy (non-hydrogen) atoms. The second kappa shape index (κ2) is 6.72. The first-order valence-corrected chi connectivity index (χ1v) is 6.86. The fourth-order valence-corrected chi connectivity index (χ4v) is 1.97. The third kappa shape index (κ3) is 4.64. The second-order valence-corrected chi connectivity index (χ2v) is 5.74. The summed E-state index contributed by atoms with van der Waals surface area (Å²) in [6, 6.07) is 5.66. The Morgan fingerprint density at radius 1 is 1.33 bits per heavy atom. The van der Waals surface area contributed by atoms with Gasteiger partial charge in [0.15, 0.2) is 9.84 Å². The standard InChI is InChI=1S/C11H15NO4S.ClH/c1-16-11(13)7-10(12)8-3-5-9(6-4-8)17(2,14)15;/h3-6,10H,7,12H2,1-2H3;1H/t10-;/m1./s1. The van der Waals surface area contributed by atoms with Crippen LogP contribution in [0.25, 0.3) is 0 Å². The lowest BCUT2D eigenvalue weighted by Gasteiger charge is -2.10. The number of benzene rings is 1. The number of methoxy groups -OCH3 is 1. The maximum Gasteiger partial charge on any atom is 0.307 e. The molecule has 0 fully saturated rings. The van der Waals surface area contributed by atoms with Crippen LogP contribution in [0.4, 0.5) is 0 Å². The van der Waals surface area contributed by atoms with Gasteiger partial charge in [-0.2, -0.15) is 0 Å². The molecule has 0 spiro atoms. The summed E-state index contributed by atoms with van der Waals surface area (Å²) in [4.78, 5) is 11.3. The van der Waals surface area contributed by atoms with Crippen LogP contribution in [-0.4, -0.2) is 27.8 Å². The van der Waals surface area contributed by atoms with Gasteiger partial charge in [-0.3, -0.25) is 4.79 Å². The highest BCUT2D eigenvalue weighted by molar-refractivity contribution is 7.90. The number of sulfone groups is 1. The number of hydrogen-bond acceptors (Lipinski definition) is 5. The van der Waals surface area contributed by atoms with E-state index in [1.807, 2.05) is 0 Å². The van der Waals surface area contributed by atoms with Gasteiger partial charge in [0, 0.05) is 12.3 Å². The lowest BCUT2D eigenvalue weighted by molar-refractivity contribution is -0.141. The number of esters is 1. The van der Waals surface area contributed by atoms with Crippen LogP contribution in [0.3, 0.4) is 0 Å². The molecule has 0 saturated carbocycles. The monoisotopic (exact) mass is 293 g/mol. The van der Waals surface area contributed by atoms with E-state index >= 15 is 0 Å². The van der Waals surface area contributed by atoms with Crippen molar-refractivity contribution in [3.8, 4) is 0 Å². The van der Waals surface area contributed by atoms with E-state index in [0.717, 1.165) is 6.26 Å². The zero-order chi connectivity index (χ0) is 13.1. The van der Waals surface area contributed by atoms with Crippen LogP contribution in [0.5, 0.6) is 0 Å². The zero-order valence-corrected chi connectivity index (χ0v) is 11.8. The van der Waals surface area contributed by atoms with Gasteiger partial charge in [-0.25, -0.2) is 8.42 Å². The smallest absolute Gasteiger partial charge is 0.307 e. The quantitative estimate of drug-likeness (QED) is 0.839. The van der Waals surface area contributed by atoms with Crippen LogP contribution in [0.2, 0.25) is 0 Å². The highest BCUT2D eigenvalue weighted by atomic mass is 35.5. The van der Waals surface area contributed by atoms with Crippen LogP contribution in [0, 0.1) is 0 Å². The molecule has 2 N–H and O–H groups in total. The Labute approximate surface area is 113 Å². The van der Waals surface area contributed by atoms with Crippen molar-refractivity contribution in [2.75, 3.05) is 13.4 Å². The molecule has 0 radical (unpaired) electrons. The van der Waals surface area contributed by atoms with Crippen molar-refractivity contribution >= 4 is 28.2 Å². The molecule has 1 rings (SSSR count). The third-order valence-electron chi connectivity index (χ3n) is 2.35. The summed E-state index contributed by atoms with van der Waals surface area (Å²) in [7, 11) is -1.91. The van der Waals surface area contributed by atoms with Crippen molar-refractivity contribution in [1.29, 1.82) is 0 Å². The van der Waals surface area contributed by atoms with E-state index in [-0.39, 0.29) is 23.7 Å². The van der Waals surface area contributed by atoms with Crippen LogP contribution < -0.4 is 5.73 Å². The van der Waals surface area contributed by atoms with Crippen LogP contribution in [0.15, 0.2) is 29.2 Å². The number of carbonyl (C=O) groups is 1. The number of ether oxygens (including phenoxy) is 1. The zero-order valence-electron chi connectivity index (χ0n) is 10.1. The molecule has 0 unspecified atom stereocenters. The van der Waals surface area contributed by atoms with Crippen molar-refractivity contribution in [2.24, 2.45) is 5.73 Å². The number of rotatable bonds is 4. The molecular weight excluding hydrogens is 278 g/mol. The number of halogens is 1. The first-order valence-electron chi connectivity index (χ1n) is 4.97. The Kier molecular flexibility index (Phi) is 6.31. The highest BCUT2D eigenvalue weighted by Gasteiger charge is 2.13. The largest absolute Gasteiger partial charge is 0.469 e. The number of carbonyl (C=O) groups excluding carboxylic acids is 1. The molecule has 0 bridgehead atoms. The second-order valence-electron chi connectivity index (χ2n) is 3.73. The van der Waals surface area contributed by atoms with Gasteiger partial charge in [0.05, 0.1) is 18.4 Å². The lowest BCUT2D eigenvalue weighted by atomic mass is 10.1. The number of hydrogen-bond donors (Lipinski definition) is 1. The van der Waals surface area contributed by atoms with E-state index in [0.29, 0.717) is 5.56 Å². The average molecular weight is 294 g/mol. The Balaban J connectivity index is 0.00000289.